The Labute approximate surface area is 97.2 Å². The third kappa shape index (κ3) is 2.94. The van der Waals surface area contributed by atoms with E-state index in [1.54, 1.807) is 0 Å². The maximum absolute atomic E-state index is 9.86. The largest absolute Gasteiger partial charge is 0.393 e. The van der Waals surface area contributed by atoms with Gasteiger partial charge in [0.25, 0.3) is 0 Å². The predicted molar refractivity (Wildman–Crippen MR) is 61.2 cm³/mol. The van der Waals surface area contributed by atoms with E-state index in [9.17, 15) is 10.2 Å². The number of ether oxygens (including phenoxy) is 1. The van der Waals surface area contributed by atoms with E-state index in [0.29, 0.717) is 19.1 Å². The number of likely N-dealkylation sites (tertiary alicyclic amines) is 1. The summed E-state index contributed by atoms with van der Waals surface area (Å²) in [7, 11) is 0. The Bertz CT molecular complexity index is 224. The highest BCUT2D eigenvalue weighted by Crippen LogP contribution is 2.21. The standard InChI is InChI=1S/C12H23NO3/c1-9-6-13(4-2-11(9)14)7-10-8-16-5-3-12(10)15/h9-12,14-15H,2-8H2,1H3. The van der Waals surface area contributed by atoms with Crippen molar-refractivity contribution in [2.45, 2.75) is 32.0 Å². The van der Waals surface area contributed by atoms with Crippen LogP contribution in [-0.4, -0.2) is 60.2 Å². The number of hydrogen-bond acceptors (Lipinski definition) is 4. The molecule has 0 spiro atoms. The van der Waals surface area contributed by atoms with E-state index in [1.807, 2.05) is 0 Å². The summed E-state index contributed by atoms with van der Waals surface area (Å²) < 4.78 is 5.41. The monoisotopic (exact) mass is 229 g/mol. The number of aliphatic hydroxyl groups is 2. The molecule has 94 valence electrons. The second-order valence-electron chi connectivity index (χ2n) is 5.28. The zero-order chi connectivity index (χ0) is 11.5. The van der Waals surface area contributed by atoms with Crippen molar-refractivity contribution in [1.29, 1.82) is 0 Å². The van der Waals surface area contributed by atoms with E-state index < -0.39 is 0 Å². The van der Waals surface area contributed by atoms with E-state index >= 15 is 0 Å². The number of rotatable bonds is 2. The van der Waals surface area contributed by atoms with Crippen LogP contribution in [0.15, 0.2) is 0 Å². The Kier molecular flexibility index (Phi) is 4.19. The highest BCUT2D eigenvalue weighted by atomic mass is 16.5. The third-order valence-corrected chi connectivity index (χ3v) is 3.87. The van der Waals surface area contributed by atoms with Crippen LogP contribution in [0.4, 0.5) is 0 Å². The normalized spacial score (nSPS) is 42.2. The molecule has 2 aliphatic heterocycles. The van der Waals surface area contributed by atoms with Gasteiger partial charge < -0.3 is 19.8 Å². The highest BCUT2D eigenvalue weighted by Gasteiger charge is 2.29. The molecule has 0 aromatic carbocycles. The first kappa shape index (κ1) is 12.3. The lowest BCUT2D eigenvalue weighted by atomic mass is 9.93. The van der Waals surface area contributed by atoms with Crippen molar-refractivity contribution in [1.82, 2.24) is 4.90 Å². The Morgan fingerprint density at radius 1 is 1.25 bits per heavy atom. The SMILES string of the molecule is CC1CN(CC2COCCC2O)CCC1O. The van der Waals surface area contributed by atoms with Crippen LogP contribution < -0.4 is 0 Å². The van der Waals surface area contributed by atoms with Gasteiger partial charge in [0.1, 0.15) is 0 Å². The molecule has 4 atom stereocenters. The van der Waals surface area contributed by atoms with Gasteiger partial charge in [-0.05, 0) is 18.8 Å². The van der Waals surface area contributed by atoms with Crippen molar-refractivity contribution in [3.8, 4) is 0 Å². The first-order valence-corrected chi connectivity index (χ1v) is 6.33. The van der Waals surface area contributed by atoms with Crippen LogP contribution in [0, 0.1) is 11.8 Å². The fourth-order valence-electron chi connectivity index (χ4n) is 2.68. The highest BCUT2D eigenvalue weighted by molar-refractivity contribution is 4.81. The minimum atomic E-state index is -0.212. The summed E-state index contributed by atoms with van der Waals surface area (Å²) >= 11 is 0. The number of piperidine rings is 1. The number of aliphatic hydroxyl groups excluding tert-OH is 2. The van der Waals surface area contributed by atoms with E-state index in [0.717, 1.165) is 32.5 Å². The van der Waals surface area contributed by atoms with Crippen LogP contribution in [0.5, 0.6) is 0 Å². The van der Waals surface area contributed by atoms with E-state index in [4.69, 9.17) is 4.74 Å². The number of nitrogens with zero attached hydrogens (tertiary/aromatic N) is 1. The molecule has 0 saturated carbocycles. The topological polar surface area (TPSA) is 52.9 Å². The summed E-state index contributed by atoms with van der Waals surface area (Å²) in [5.74, 6) is 0.589. The summed E-state index contributed by atoms with van der Waals surface area (Å²) in [4.78, 5) is 2.35. The van der Waals surface area contributed by atoms with Gasteiger partial charge in [-0.15, -0.1) is 0 Å². The first-order valence-electron chi connectivity index (χ1n) is 6.33. The van der Waals surface area contributed by atoms with Gasteiger partial charge in [-0.1, -0.05) is 6.92 Å². The Balaban J connectivity index is 1.80. The van der Waals surface area contributed by atoms with Gasteiger partial charge in [0.2, 0.25) is 0 Å². The molecule has 2 fully saturated rings. The molecule has 4 nitrogen and oxygen atoms in total. The Hall–Kier alpha value is -0.160. The molecule has 2 aliphatic rings. The van der Waals surface area contributed by atoms with Crippen molar-refractivity contribution in [3.05, 3.63) is 0 Å². The van der Waals surface area contributed by atoms with Crippen molar-refractivity contribution >= 4 is 0 Å². The van der Waals surface area contributed by atoms with E-state index in [2.05, 4.69) is 11.8 Å². The molecule has 0 aliphatic carbocycles. The van der Waals surface area contributed by atoms with Crippen molar-refractivity contribution in [3.63, 3.8) is 0 Å². The van der Waals surface area contributed by atoms with Crippen LogP contribution >= 0.6 is 0 Å². The average Bonchev–Trinajstić information content (AvgIpc) is 2.27. The smallest absolute Gasteiger partial charge is 0.0624 e. The summed E-state index contributed by atoms with van der Waals surface area (Å²) in [6.07, 6.45) is 1.25. The molecule has 4 heteroatoms. The van der Waals surface area contributed by atoms with Gasteiger partial charge in [-0.3, -0.25) is 0 Å². The maximum atomic E-state index is 9.86. The second-order valence-corrected chi connectivity index (χ2v) is 5.28. The molecular formula is C12H23NO3. The lowest BCUT2D eigenvalue weighted by molar-refractivity contribution is -0.0560. The molecule has 0 aromatic heterocycles. The zero-order valence-electron chi connectivity index (χ0n) is 10.0. The molecule has 16 heavy (non-hydrogen) atoms. The fourth-order valence-corrected chi connectivity index (χ4v) is 2.68. The van der Waals surface area contributed by atoms with Crippen LogP contribution in [0.2, 0.25) is 0 Å². The summed E-state index contributed by atoms with van der Waals surface area (Å²) in [5, 5.41) is 19.5. The third-order valence-electron chi connectivity index (χ3n) is 3.87. The fraction of sp³-hybridized carbons (Fsp3) is 1.00. The molecule has 0 radical (unpaired) electrons. The second kappa shape index (κ2) is 5.45. The van der Waals surface area contributed by atoms with E-state index in [1.165, 1.54) is 0 Å². The van der Waals surface area contributed by atoms with Crippen LogP contribution in [-0.2, 0) is 4.74 Å². The molecule has 2 N–H and O–H groups in total. The average molecular weight is 229 g/mol. The molecule has 2 saturated heterocycles. The van der Waals surface area contributed by atoms with Gasteiger partial charge in [0.15, 0.2) is 0 Å². The Morgan fingerprint density at radius 3 is 2.75 bits per heavy atom. The summed E-state index contributed by atoms with van der Waals surface area (Å²) in [5.41, 5.74) is 0. The molecule has 0 bridgehead atoms. The molecular weight excluding hydrogens is 206 g/mol. The van der Waals surface area contributed by atoms with Gasteiger partial charge in [-0.25, -0.2) is 0 Å². The predicted octanol–water partition coefficient (Wildman–Crippen LogP) is 0.0865. The molecule has 0 aromatic rings. The summed E-state index contributed by atoms with van der Waals surface area (Å²) in [6.45, 7) is 6.23. The maximum Gasteiger partial charge on any atom is 0.0624 e. The number of hydrogen-bond donors (Lipinski definition) is 2. The van der Waals surface area contributed by atoms with Crippen molar-refractivity contribution in [2.24, 2.45) is 11.8 Å². The molecule has 0 amide bonds. The molecule has 4 unspecified atom stereocenters. The molecule has 2 rings (SSSR count). The Morgan fingerprint density at radius 2 is 2.06 bits per heavy atom. The van der Waals surface area contributed by atoms with Gasteiger partial charge in [-0.2, -0.15) is 0 Å². The lowest BCUT2D eigenvalue weighted by Gasteiger charge is -2.38. The first-order chi connectivity index (χ1) is 7.66. The van der Waals surface area contributed by atoms with Gasteiger partial charge in [0, 0.05) is 32.2 Å². The minimum Gasteiger partial charge on any atom is -0.393 e. The quantitative estimate of drug-likeness (QED) is 0.704. The van der Waals surface area contributed by atoms with Crippen LogP contribution in [0.3, 0.4) is 0 Å². The van der Waals surface area contributed by atoms with Gasteiger partial charge >= 0.3 is 0 Å². The minimum absolute atomic E-state index is 0.149. The van der Waals surface area contributed by atoms with Gasteiger partial charge in [0.05, 0.1) is 18.8 Å². The van der Waals surface area contributed by atoms with Crippen LogP contribution in [0.1, 0.15) is 19.8 Å². The lowest BCUT2D eigenvalue weighted by Crippen LogP contribution is -2.47. The molecule has 2 heterocycles. The van der Waals surface area contributed by atoms with Crippen molar-refractivity contribution in [2.75, 3.05) is 32.8 Å². The van der Waals surface area contributed by atoms with Crippen molar-refractivity contribution < 1.29 is 14.9 Å². The van der Waals surface area contributed by atoms with E-state index in [-0.39, 0.29) is 18.1 Å². The zero-order valence-corrected chi connectivity index (χ0v) is 10.0. The van der Waals surface area contributed by atoms with Crippen LogP contribution in [0.25, 0.3) is 0 Å². The summed E-state index contributed by atoms with van der Waals surface area (Å²) in [6, 6.07) is 0.